The fourth-order valence-corrected chi connectivity index (χ4v) is 2.58. The lowest BCUT2D eigenvalue weighted by Gasteiger charge is -2.29. The van der Waals surface area contributed by atoms with Crippen molar-refractivity contribution in [1.82, 2.24) is 5.32 Å². The lowest BCUT2D eigenvalue weighted by atomic mass is 9.90. The Balaban J connectivity index is 2.31. The first-order valence-corrected chi connectivity index (χ1v) is 7.02. The van der Waals surface area contributed by atoms with Gasteiger partial charge >= 0.3 is 5.97 Å². The van der Waals surface area contributed by atoms with Crippen LogP contribution in [0.25, 0.3) is 0 Å². The molecule has 0 aromatic carbocycles. The molecule has 0 radical (unpaired) electrons. The molecule has 0 amide bonds. The van der Waals surface area contributed by atoms with Gasteiger partial charge in [0, 0.05) is 13.0 Å². The Morgan fingerprint density at radius 2 is 2.06 bits per heavy atom. The van der Waals surface area contributed by atoms with E-state index in [4.69, 9.17) is 4.74 Å². The van der Waals surface area contributed by atoms with Crippen LogP contribution in [-0.2, 0) is 9.53 Å². The van der Waals surface area contributed by atoms with Gasteiger partial charge in [-0.3, -0.25) is 4.79 Å². The average Bonchev–Trinajstić information content (AvgIpc) is 2.37. The molecule has 18 heavy (non-hydrogen) atoms. The maximum atomic E-state index is 11.2. The predicted molar refractivity (Wildman–Crippen MR) is 71.7 cm³/mol. The Hall–Kier alpha value is -0.610. The van der Waals surface area contributed by atoms with Crippen LogP contribution in [-0.4, -0.2) is 36.4 Å². The van der Waals surface area contributed by atoms with Gasteiger partial charge in [0.15, 0.2) is 0 Å². The van der Waals surface area contributed by atoms with Gasteiger partial charge in [-0.25, -0.2) is 0 Å². The summed E-state index contributed by atoms with van der Waals surface area (Å²) in [5.41, 5.74) is -0.897. The maximum absolute atomic E-state index is 11.2. The molecule has 106 valence electrons. The molecule has 1 aliphatic carbocycles. The second-order valence-corrected chi connectivity index (χ2v) is 5.74. The molecule has 0 aromatic rings. The van der Waals surface area contributed by atoms with Crippen molar-refractivity contribution in [3.05, 3.63) is 0 Å². The van der Waals surface area contributed by atoms with E-state index in [0.717, 1.165) is 6.61 Å². The Bertz CT molecular complexity index is 264. The molecule has 2 N–H and O–H groups in total. The van der Waals surface area contributed by atoms with Crippen LogP contribution in [0.5, 0.6) is 0 Å². The Kier molecular flexibility index (Phi) is 6.09. The molecule has 1 saturated carbocycles. The number of hydrogen-bond acceptors (Lipinski definition) is 3. The van der Waals surface area contributed by atoms with Crippen LogP contribution in [0.2, 0.25) is 0 Å². The molecular weight excluding hydrogens is 230 g/mol. The molecule has 4 heteroatoms. The van der Waals surface area contributed by atoms with Gasteiger partial charge in [0.1, 0.15) is 5.54 Å². The highest BCUT2D eigenvalue weighted by Crippen LogP contribution is 2.24. The van der Waals surface area contributed by atoms with E-state index in [-0.39, 0.29) is 6.10 Å². The van der Waals surface area contributed by atoms with Crippen molar-refractivity contribution < 1.29 is 14.6 Å². The quantitative estimate of drug-likeness (QED) is 0.735. The molecule has 0 heterocycles. The summed E-state index contributed by atoms with van der Waals surface area (Å²) in [6.45, 7) is 4.44. The largest absolute Gasteiger partial charge is 0.480 e. The lowest BCUT2D eigenvalue weighted by Crippen LogP contribution is -2.49. The number of rotatable bonds is 7. The van der Waals surface area contributed by atoms with Crippen LogP contribution < -0.4 is 5.32 Å². The van der Waals surface area contributed by atoms with E-state index in [2.05, 4.69) is 5.32 Å². The zero-order valence-corrected chi connectivity index (χ0v) is 11.9. The zero-order chi connectivity index (χ0) is 13.6. The summed E-state index contributed by atoms with van der Waals surface area (Å²) >= 11 is 0. The molecule has 0 bridgehead atoms. The van der Waals surface area contributed by atoms with Gasteiger partial charge in [0.2, 0.25) is 0 Å². The van der Waals surface area contributed by atoms with Gasteiger partial charge in [-0.05, 0) is 39.7 Å². The molecular formula is C14H27NO3. The highest BCUT2D eigenvalue weighted by Gasteiger charge is 2.33. The Labute approximate surface area is 110 Å². The molecule has 2 unspecified atom stereocenters. The third kappa shape index (κ3) is 4.58. The first-order valence-electron chi connectivity index (χ1n) is 7.02. The summed E-state index contributed by atoms with van der Waals surface area (Å²) < 4.78 is 5.83. The van der Waals surface area contributed by atoms with Crippen LogP contribution in [0.4, 0.5) is 0 Å². The van der Waals surface area contributed by atoms with E-state index in [9.17, 15) is 9.90 Å². The van der Waals surface area contributed by atoms with Crippen LogP contribution in [0.3, 0.4) is 0 Å². The molecule has 1 aliphatic rings. The van der Waals surface area contributed by atoms with Crippen molar-refractivity contribution in [2.75, 3.05) is 13.7 Å². The average molecular weight is 257 g/mol. The van der Waals surface area contributed by atoms with Gasteiger partial charge < -0.3 is 15.2 Å². The fraction of sp³-hybridized carbons (Fsp3) is 0.929. The lowest BCUT2D eigenvalue weighted by molar-refractivity contribution is -0.145. The van der Waals surface area contributed by atoms with Crippen LogP contribution in [0.1, 0.15) is 52.4 Å². The van der Waals surface area contributed by atoms with Gasteiger partial charge in [-0.1, -0.05) is 19.3 Å². The standard InChI is InChI=1S/C14H27NO3/c1-11(9-14(2,15-3)13(16)17)18-10-12-7-5-4-6-8-12/h11-12,15H,4-10H2,1-3H3,(H,16,17). The van der Waals surface area contributed by atoms with Crippen LogP contribution >= 0.6 is 0 Å². The summed E-state index contributed by atoms with van der Waals surface area (Å²) in [5, 5.41) is 12.0. The minimum absolute atomic E-state index is 0.0273. The molecule has 0 saturated heterocycles. The minimum atomic E-state index is -0.897. The van der Waals surface area contributed by atoms with E-state index >= 15 is 0 Å². The molecule has 0 spiro atoms. The summed E-state index contributed by atoms with van der Waals surface area (Å²) in [6, 6.07) is 0. The predicted octanol–water partition coefficient (Wildman–Crippen LogP) is 2.42. The number of likely N-dealkylation sites (N-methyl/N-ethyl adjacent to an activating group) is 1. The van der Waals surface area contributed by atoms with Crippen molar-refractivity contribution in [3.8, 4) is 0 Å². The first kappa shape index (κ1) is 15.4. The molecule has 2 atom stereocenters. The number of aliphatic carboxylic acids is 1. The number of nitrogens with one attached hydrogen (secondary N) is 1. The fourth-order valence-electron chi connectivity index (χ4n) is 2.58. The maximum Gasteiger partial charge on any atom is 0.323 e. The Morgan fingerprint density at radius 3 is 2.56 bits per heavy atom. The summed E-state index contributed by atoms with van der Waals surface area (Å²) in [7, 11) is 1.68. The number of hydrogen-bond donors (Lipinski definition) is 2. The highest BCUT2D eigenvalue weighted by molar-refractivity contribution is 5.78. The number of carboxylic acid groups (broad SMARTS) is 1. The third-order valence-electron chi connectivity index (χ3n) is 4.06. The number of carboxylic acids is 1. The van der Waals surface area contributed by atoms with Crippen LogP contribution in [0, 0.1) is 5.92 Å². The van der Waals surface area contributed by atoms with Crippen molar-refractivity contribution in [2.24, 2.45) is 5.92 Å². The Morgan fingerprint density at radius 1 is 1.44 bits per heavy atom. The van der Waals surface area contributed by atoms with E-state index in [1.54, 1.807) is 14.0 Å². The minimum Gasteiger partial charge on any atom is -0.480 e. The van der Waals surface area contributed by atoms with Crippen LogP contribution in [0.15, 0.2) is 0 Å². The van der Waals surface area contributed by atoms with Crippen molar-refractivity contribution >= 4 is 5.97 Å². The summed E-state index contributed by atoms with van der Waals surface area (Å²) in [4.78, 5) is 11.2. The molecule has 4 nitrogen and oxygen atoms in total. The second-order valence-electron chi connectivity index (χ2n) is 5.74. The topological polar surface area (TPSA) is 58.6 Å². The zero-order valence-electron chi connectivity index (χ0n) is 11.9. The normalized spacial score (nSPS) is 22.4. The van der Waals surface area contributed by atoms with Crippen molar-refractivity contribution in [2.45, 2.75) is 64.0 Å². The SMILES string of the molecule is CNC(C)(CC(C)OCC1CCCCC1)C(=O)O. The van der Waals surface area contributed by atoms with Gasteiger partial charge in [0.25, 0.3) is 0 Å². The number of carbonyl (C=O) groups is 1. The summed E-state index contributed by atoms with van der Waals surface area (Å²) in [5.74, 6) is -0.148. The van der Waals surface area contributed by atoms with E-state index < -0.39 is 11.5 Å². The van der Waals surface area contributed by atoms with E-state index in [1.165, 1.54) is 32.1 Å². The van der Waals surface area contributed by atoms with E-state index in [0.29, 0.717) is 12.3 Å². The second kappa shape index (κ2) is 7.10. The molecule has 1 fully saturated rings. The molecule has 1 rings (SSSR count). The van der Waals surface area contributed by atoms with Gasteiger partial charge in [-0.15, -0.1) is 0 Å². The molecule has 0 aliphatic heterocycles. The molecule has 0 aromatic heterocycles. The van der Waals surface area contributed by atoms with Gasteiger partial charge in [0.05, 0.1) is 6.10 Å². The van der Waals surface area contributed by atoms with Gasteiger partial charge in [-0.2, -0.15) is 0 Å². The third-order valence-corrected chi connectivity index (χ3v) is 4.06. The summed E-state index contributed by atoms with van der Waals surface area (Å²) in [6.07, 6.45) is 6.95. The smallest absolute Gasteiger partial charge is 0.323 e. The van der Waals surface area contributed by atoms with E-state index in [1.807, 2.05) is 6.92 Å². The number of ether oxygens (including phenoxy) is 1. The van der Waals surface area contributed by atoms with Crippen molar-refractivity contribution in [1.29, 1.82) is 0 Å². The highest BCUT2D eigenvalue weighted by atomic mass is 16.5. The van der Waals surface area contributed by atoms with Crippen molar-refractivity contribution in [3.63, 3.8) is 0 Å². The first-order chi connectivity index (χ1) is 8.48. The monoisotopic (exact) mass is 257 g/mol.